The summed E-state index contributed by atoms with van der Waals surface area (Å²) in [4.78, 5) is 25.0. The number of rotatable bonds is 6. The van der Waals surface area contributed by atoms with Gasteiger partial charge in [0.1, 0.15) is 17.8 Å². The highest BCUT2D eigenvalue weighted by molar-refractivity contribution is 6.32. The number of ether oxygens (including phenoxy) is 1. The zero-order chi connectivity index (χ0) is 23.8. The molecule has 1 saturated heterocycles. The van der Waals surface area contributed by atoms with E-state index in [1.807, 2.05) is 22.8 Å². The molecule has 5 rings (SSSR count). The van der Waals surface area contributed by atoms with E-state index < -0.39 is 12.0 Å². The first-order valence-corrected chi connectivity index (χ1v) is 11.1. The molecule has 0 bridgehead atoms. The van der Waals surface area contributed by atoms with E-state index in [0.29, 0.717) is 48.3 Å². The van der Waals surface area contributed by atoms with Crippen LogP contribution in [0, 0.1) is 5.82 Å². The number of piperazine rings is 1. The average molecular weight is 485 g/mol. The minimum absolute atomic E-state index is 0.0989. The van der Waals surface area contributed by atoms with Crippen molar-refractivity contribution in [1.29, 1.82) is 0 Å². The number of fused-ring (bicyclic) bond motifs is 1. The number of oxazole rings is 1. The molecule has 2 unspecified atom stereocenters. The molecule has 0 saturated carbocycles. The summed E-state index contributed by atoms with van der Waals surface area (Å²) in [5.41, 5.74) is 1.48. The third-order valence-electron chi connectivity index (χ3n) is 6.05. The molecule has 4 heterocycles. The molecule has 4 aromatic rings. The van der Waals surface area contributed by atoms with Crippen molar-refractivity contribution in [3.8, 4) is 17.3 Å². The number of anilines is 1. The Balaban J connectivity index is 1.45. The Hall–Kier alpha value is -3.50. The van der Waals surface area contributed by atoms with Crippen molar-refractivity contribution in [2.45, 2.75) is 19.1 Å². The molecule has 3 aromatic heterocycles. The van der Waals surface area contributed by atoms with Crippen LogP contribution in [0.3, 0.4) is 0 Å². The fourth-order valence-corrected chi connectivity index (χ4v) is 4.66. The highest BCUT2D eigenvalue weighted by Gasteiger charge is 2.33. The van der Waals surface area contributed by atoms with Gasteiger partial charge in [0.2, 0.25) is 5.89 Å². The van der Waals surface area contributed by atoms with Crippen molar-refractivity contribution in [3.63, 3.8) is 0 Å². The van der Waals surface area contributed by atoms with Crippen LogP contribution in [-0.4, -0.2) is 63.7 Å². The molecule has 9 nitrogen and oxygen atoms in total. The first kappa shape index (κ1) is 22.3. The Morgan fingerprint density at radius 2 is 2.15 bits per heavy atom. The van der Waals surface area contributed by atoms with Crippen LogP contribution in [0.4, 0.5) is 10.1 Å². The number of halogens is 2. The number of aldehydes is 1. The molecule has 1 aliphatic heterocycles. The highest BCUT2D eigenvalue weighted by Crippen LogP contribution is 2.34. The van der Waals surface area contributed by atoms with E-state index in [4.69, 9.17) is 20.8 Å². The molecule has 1 aliphatic rings. The van der Waals surface area contributed by atoms with Crippen LogP contribution in [-0.2, 0) is 4.79 Å². The number of benzene rings is 1. The Bertz CT molecular complexity index is 1330. The van der Waals surface area contributed by atoms with Crippen molar-refractivity contribution < 1.29 is 18.3 Å². The van der Waals surface area contributed by atoms with Crippen LogP contribution >= 0.6 is 11.6 Å². The van der Waals surface area contributed by atoms with Gasteiger partial charge in [0.05, 0.1) is 29.4 Å². The first-order valence-electron chi connectivity index (χ1n) is 10.7. The van der Waals surface area contributed by atoms with Crippen molar-refractivity contribution in [1.82, 2.24) is 24.6 Å². The molecule has 0 spiro atoms. The number of aromatic nitrogens is 4. The van der Waals surface area contributed by atoms with E-state index in [9.17, 15) is 9.18 Å². The van der Waals surface area contributed by atoms with E-state index >= 15 is 0 Å². The molecule has 0 N–H and O–H groups in total. The summed E-state index contributed by atoms with van der Waals surface area (Å²) >= 11 is 6.05. The summed E-state index contributed by atoms with van der Waals surface area (Å²) in [6.45, 7) is 3.47. The summed E-state index contributed by atoms with van der Waals surface area (Å²) in [6, 6.07) is 6.42. The minimum atomic E-state index is -0.706. The summed E-state index contributed by atoms with van der Waals surface area (Å²) in [5, 5.41) is 5.61. The smallest absolute Gasteiger partial charge is 0.247 e. The van der Waals surface area contributed by atoms with Crippen LogP contribution in [0.1, 0.15) is 13.1 Å². The maximum atomic E-state index is 14.7. The van der Waals surface area contributed by atoms with E-state index in [2.05, 4.69) is 15.1 Å². The molecular weight excluding hydrogens is 463 g/mol. The van der Waals surface area contributed by atoms with Crippen LogP contribution in [0.15, 0.2) is 47.3 Å². The van der Waals surface area contributed by atoms with Gasteiger partial charge in [-0.3, -0.25) is 9.69 Å². The summed E-state index contributed by atoms with van der Waals surface area (Å²) in [7, 11) is 1.49. The van der Waals surface area contributed by atoms with Crippen molar-refractivity contribution >= 4 is 34.6 Å². The second-order valence-corrected chi connectivity index (χ2v) is 8.43. The average Bonchev–Trinajstić information content (AvgIpc) is 3.49. The number of hydrogen-bond acceptors (Lipinski definition) is 8. The lowest BCUT2D eigenvalue weighted by molar-refractivity contribution is -0.117. The summed E-state index contributed by atoms with van der Waals surface area (Å²) in [6.07, 6.45) is 4.81. The number of carbonyl (C=O) groups excluding carboxylic acids is 1. The van der Waals surface area contributed by atoms with Crippen molar-refractivity contribution in [2.75, 3.05) is 31.6 Å². The van der Waals surface area contributed by atoms with Gasteiger partial charge in [-0.2, -0.15) is 5.10 Å². The number of hydrogen-bond donors (Lipinski definition) is 0. The Morgan fingerprint density at radius 3 is 2.85 bits per heavy atom. The van der Waals surface area contributed by atoms with Gasteiger partial charge in [0.25, 0.3) is 0 Å². The SMILES string of the molecule is COc1cc(N2CCN(C(C=O)n3nc(-c4ncco4)c4cccnc43)C(C)C2)c(F)cc1Cl. The topological polar surface area (TPSA) is 89.5 Å². The second kappa shape index (κ2) is 9.03. The normalized spacial score (nSPS) is 17.8. The van der Waals surface area contributed by atoms with Crippen LogP contribution in [0.5, 0.6) is 5.75 Å². The van der Waals surface area contributed by atoms with E-state index in [-0.39, 0.29) is 11.1 Å². The highest BCUT2D eigenvalue weighted by atomic mass is 35.5. The zero-order valence-electron chi connectivity index (χ0n) is 18.6. The molecule has 1 fully saturated rings. The molecular formula is C23H22ClFN6O3. The maximum Gasteiger partial charge on any atom is 0.247 e. The number of nitrogens with zero attached hydrogens (tertiary/aromatic N) is 6. The largest absolute Gasteiger partial charge is 0.495 e. The quantitative estimate of drug-likeness (QED) is 0.382. The molecule has 176 valence electrons. The fraction of sp³-hybridized carbons (Fsp3) is 0.304. The molecule has 34 heavy (non-hydrogen) atoms. The summed E-state index contributed by atoms with van der Waals surface area (Å²) in [5.74, 6) is 0.342. The number of methoxy groups -OCH3 is 1. The third-order valence-corrected chi connectivity index (χ3v) is 6.35. The zero-order valence-corrected chi connectivity index (χ0v) is 19.3. The molecule has 0 aliphatic carbocycles. The monoisotopic (exact) mass is 484 g/mol. The van der Waals surface area contributed by atoms with E-state index in [1.165, 1.54) is 19.4 Å². The van der Waals surface area contributed by atoms with Gasteiger partial charge < -0.3 is 14.1 Å². The van der Waals surface area contributed by atoms with Crippen molar-refractivity contribution in [2.24, 2.45) is 0 Å². The molecule has 0 radical (unpaired) electrons. The van der Waals surface area contributed by atoms with Gasteiger partial charge in [-0.1, -0.05) is 11.6 Å². The molecule has 1 aromatic carbocycles. The standard InChI is InChI=1S/C23H22ClFN6O3/c1-14-12-29(18-11-19(33-2)16(24)10-17(18)25)7-8-30(14)20(13-32)31-22-15(4-3-5-26-22)21(28-31)23-27-6-9-34-23/h3-6,9-11,13-14,20H,7-8,12H2,1-2H3. The summed E-state index contributed by atoms with van der Waals surface area (Å²) < 4.78 is 27.0. The van der Waals surface area contributed by atoms with Gasteiger partial charge in [0.15, 0.2) is 23.8 Å². The number of pyridine rings is 1. The third kappa shape index (κ3) is 3.78. The Kier molecular flexibility index (Phi) is 5.93. The van der Waals surface area contributed by atoms with Gasteiger partial charge in [-0.05, 0) is 25.1 Å². The first-order chi connectivity index (χ1) is 16.5. The van der Waals surface area contributed by atoms with Crippen LogP contribution < -0.4 is 9.64 Å². The Morgan fingerprint density at radius 1 is 1.29 bits per heavy atom. The lowest BCUT2D eigenvalue weighted by Gasteiger charge is -2.43. The maximum absolute atomic E-state index is 14.7. The molecule has 0 amide bonds. The van der Waals surface area contributed by atoms with Gasteiger partial charge in [0, 0.05) is 37.9 Å². The Labute approximate surface area is 199 Å². The number of carbonyl (C=O) groups is 1. The van der Waals surface area contributed by atoms with E-state index in [1.54, 1.807) is 29.2 Å². The molecule has 11 heteroatoms. The van der Waals surface area contributed by atoms with Crippen molar-refractivity contribution in [3.05, 3.63) is 53.8 Å². The predicted octanol–water partition coefficient (Wildman–Crippen LogP) is 3.80. The van der Waals surface area contributed by atoms with Gasteiger partial charge >= 0.3 is 0 Å². The van der Waals surface area contributed by atoms with Gasteiger partial charge in [-0.15, -0.1) is 0 Å². The lowest BCUT2D eigenvalue weighted by atomic mass is 10.1. The minimum Gasteiger partial charge on any atom is -0.495 e. The lowest BCUT2D eigenvalue weighted by Crippen LogP contribution is -2.54. The van der Waals surface area contributed by atoms with Gasteiger partial charge in [-0.25, -0.2) is 19.0 Å². The second-order valence-electron chi connectivity index (χ2n) is 8.03. The fourth-order valence-electron chi connectivity index (χ4n) is 4.43. The van der Waals surface area contributed by atoms with Crippen LogP contribution in [0.2, 0.25) is 5.02 Å². The van der Waals surface area contributed by atoms with E-state index in [0.717, 1.165) is 11.7 Å². The predicted molar refractivity (Wildman–Crippen MR) is 124 cm³/mol. The van der Waals surface area contributed by atoms with Crippen LogP contribution in [0.25, 0.3) is 22.6 Å². The molecule has 2 atom stereocenters.